The van der Waals surface area contributed by atoms with E-state index in [1.54, 1.807) is 0 Å². The van der Waals surface area contributed by atoms with Crippen molar-refractivity contribution in [1.82, 2.24) is 5.06 Å². The van der Waals surface area contributed by atoms with Crippen LogP contribution in [0, 0.1) is 37.7 Å². The third-order valence-electron chi connectivity index (χ3n) is 2.36. The third-order valence-corrected chi connectivity index (χ3v) is 2.36. The van der Waals surface area contributed by atoms with Gasteiger partial charge in [-0.1, -0.05) is 45.4 Å². The van der Waals surface area contributed by atoms with E-state index in [2.05, 4.69) is 6.92 Å². The van der Waals surface area contributed by atoms with E-state index in [0.29, 0.717) is 11.5 Å². The molecule has 0 radical (unpaired) electrons. The number of amides is 1. The van der Waals surface area contributed by atoms with Crippen LogP contribution in [0.1, 0.15) is 58.3 Å². The molecule has 15 heavy (non-hydrogen) atoms. The monoisotopic (exact) mass is 241 g/mol. The van der Waals surface area contributed by atoms with Crippen molar-refractivity contribution >= 4 is 5.91 Å². The third kappa shape index (κ3) is 12.6. The molecule has 0 spiro atoms. The first-order valence-corrected chi connectivity index (χ1v) is 5.64. The first-order chi connectivity index (χ1) is 6.68. The van der Waals surface area contributed by atoms with Crippen LogP contribution in [-0.2, 0) is 4.79 Å². The molecule has 0 saturated heterocycles. The number of carbonyl (C=O) groups excluding carboxylic acids is 1. The Bertz CT molecular complexity index is 152. The van der Waals surface area contributed by atoms with E-state index < -0.39 is 0 Å². The van der Waals surface area contributed by atoms with Crippen LogP contribution in [0.3, 0.4) is 0 Å². The Morgan fingerprint density at radius 2 is 1.53 bits per heavy atom. The Morgan fingerprint density at radius 3 is 2.00 bits per heavy atom. The van der Waals surface area contributed by atoms with Gasteiger partial charge in [-0.25, -0.2) is 5.06 Å². The maximum absolute atomic E-state index is 11.0. The van der Waals surface area contributed by atoms with Gasteiger partial charge in [0.1, 0.15) is 0 Å². The van der Waals surface area contributed by atoms with Gasteiger partial charge in [0.05, 0.1) is 0 Å². The minimum Gasteiger partial charge on any atom is -0.286 e. The van der Waals surface area contributed by atoms with Crippen molar-refractivity contribution < 1.29 is 47.7 Å². The molecule has 0 aliphatic carbocycles. The number of unbranched alkanes of at least 4 members (excludes halogenated alkanes) is 6. The number of hydroxylamine groups is 2. The van der Waals surface area contributed by atoms with Crippen LogP contribution in [0.5, 0.6) is 0 Å². The predicted octanol–water partition coefficient (Wildman–Crippen LogP) is 2.97. The van der Waals surface area contributed by atoms with Crippen molar-refractivity contribution in [3.63, 3.8) is 0 Å². The molecule has 3 nitrogen and oxygen atoms in total. The van der Waals surface area contributed by atoms with Crippen LogP contribution in [-0.4, -0.2) is 23.2 Å². The van der Waals surface area contributed by atoms with Gasteiger partial charge in [0.15, 0.2) is 0 Å². The molecule has 0 unspecified atom stereocenters. The van der Waals surface area contributed by atoms with E-state index in [1.165, 1.54) is 39.2 Å². The molecular weight excluding hydrogens is 218 g/mol. The Balaban J connectivity index is 0. The molecule has 0 aliphatic heterocycles. The Labute approximate surface area is 123 Å². The zero-order valence-electron chi connectivity index (χ0n) is 9.81. The zero-order valence-corrected chi connectivity index (χ0v) is 10.5. The Kier molecular flexibility index (Phi) is 15.4. The quantitative estimate of drug-likeness (QED) is 0.403. The van der Waals surface area contributed by atoms with E-state index >= 15 is 0 Å². The summed E-state index contributed by atoms with van der Waals surface area (Å²) in [4.78, 5) is 11.0. The van der Waals surface area contributed by atoms with Crippen molar-refractivity contribution in [2.75, 3.05) is 7.05 Å². The topological polar surface area (TPSA) is 40.5 Å². The summed E-state index contributed by atoms with van der Waals surface area (Å²) < 4.78 is 0. The summed E-state index contributed by atoms with van der Waals surface area (Å²) >= 11 is 0. The number of rotatable bonds is 8. The van der Waals surface area contributed by atoms with Crippen LogP contribution in [0.15, 0.2) is 0 Å². The summed E-state index contributed by atoms with van der Waals surface area (Å²) in [6.45, 7) is 2.20. The molecule has 0 heterocycles. The van der Waals surface area contributed by atoms with E-state index in [-0.39, 0.29) is 43.6 Å². The van der Waals surface area contributed by atoms with E-state index in [1.807, 2.05) is 0 Å². The maximum atomic E-state index is 11.0. The second-order valence-electron chi connectivity index (χ2n) is 3.79. The van der Waals surface area contributed by atoms with Crippen molar-refractivity contribution in [3.05, 3.63) is 0 Å². The molecule has 0 aromatic carbocycles. The molecule has 0 atom stereocenters. The van der Waals surface area contributed by atoms with E-state index in [0.717, 1.165) is 12.8 Å². The molecule has 92 valence electrons. The van der Waals surface area contributed by atoms with Gasteiger partial charge in [0, 0.05) is 51.2 Å². The minimum atomic E-state index is -0.182. The molecular formula is C11H23ArNO2. The second-order valence-corrected chi connectivity index (χ2v) is 3.79. The number of hydrogen-bond acceptors (Lipinski definition) is 2. The van der Waals surface area contributed by atoms with Crippen molar-refractivity contribution in [2.45, 2.75) is 58.3 Å². The average Bonchev–Trinajstić information content (AvgIpc) is 2.16. The summed E-state index contributed by atoms with van der Waals surface area (Å²) in [6, 6.07) is 0. The summed E-state index contributed by atoms with van der Waals surface area (Å²) in [5, 5.41) is 9.46. The molecule has 0 aromatic rings. The van der Waals surface area contributed by atoms with E-state index in [4.69, 9.17) is 5.21 Å². The zero-order chi connectivity index (χ0) is 10.8. The fourth-order valence-corrected chi connectivity index (χ4v) is 1.40. The van der Waals surface area contributed by atoms with Crippen molar-refractivity contribution in [1.29, 1.82) is 0 Å². The summed E-state index contributed by atoms with van der Waals surface area (Å²) in [5.41, 5.74) is 0. The SMILES string of the molecule is CCCCCCCCCC(=O)N(C)O.[Ar]. The normalized spacial score (nSPS) is 9.53. The van der Waals surface area contributed by atoms with Gasteiger partial charge >= 0.3 is 0 Å². The molecule has 4 heteroatoms. The van der Waals surface area contributed by atoms with Gasteiger partial charge in [-0.15, -0.1) is 0 Å². The standard InChI is InChI=1S/C11H23NO2.Ar/c1-3-4-5-6-7-8-9-10-11(13)12(2)14;/h14H,3-10H2,1-2H3;. The minimum absolute atomic E-state index is 0. The van der Waals surface area contributed by atoms with Crippen molar-refractivity contribution in [2.24, 2.45) is 0 Å². The molecule has 1 N–H and O–H groups in total. The van der Waals surface area contributed by atoms with Gasteiger partial charge in [-0.3, -0.25) is 10.0 Å². The number of hydrogen-bond donors (Lipinski definition) is 1. The van der Waals surface area contributed by atoms with E-state index in [9.17, 15) is 4.79 Å². The maximum Gasteiger partial charge on any atom is 0.245 e. The van der Waals surface area contributed by atoms with Crippen LogP contribution >= 0.6 is 0 Å². The molecule has 0 aromatic heterocycles. The van der Waals surface area contributed by atoms with Crippen LogP contribution in [0.2, 0.25) is 0 Å². The fourth-order valence-electron chi connectivity index (χ4n) is 1.40. The Morgan fingerprint density at radius 1 is 1.07 bits per heavy atom. The largest absolute Gasteiger partial charge is 0.286 e. The summed E-state index contributed by atoms with van der Waals surface area (Å²) in [6.07, 6.45) is 8.86. The molecule has 0 saturated carbocycles. The number of carbonyl (C=O) groups is 1. The van der Waals surface area contributed by atoms with Crippen LogP contribution < -0.4 is 0 Å². The first-order valence-electron chi connectivity index (χ1n) is 5.64. The van der Waals surface area contributed by atoms with Gasteiger partial charge in [-0.05, 0) is 6.42 Å². The second kappa shape index (κ2) is 12.8. The average molecular weight is 241 g/mol. The van der Waals surface area contributed by atoms with Gasteiger partial charge in [0.2, 0.25) is 5.91 Å². The number of nitrogens with zero attached hydrogens (tertiary/aromatic N) is 1. The molecule has 0 bridgehead atoms. The smallest absolute Gasteiger partial charge is 0.245 e. The Hall–Kier alpha value is 0.690. The van der Waals surface area contributed by atoms with Crippen LogP contribution in [0.25, 0.3) is 0 Å². The summed E-state index contributed by atoms with van der Waals surface area (Å²) in [7, 11) is 1.38. The summed E-state index contributed by atoms with van der Waals surface area (Å²) in [5.74, 6) is -0.182. The van der Waals surface area contributed by atoms with Gasteiger partial charge in [0.25, 0.3) is 0 Å². The van der Waals surface area contributed by atoms with Crippen LogP contribution in [0.4, 0.5) is 0 Å². The molecule has 0 fully saturated rings. The predicted molar refractivity (Wildman–Crippen MR) is 57.2 cm³/mol. The van der Waals surface area contributed by atoms with Gasteiger partial charge < -0.3 is 0 Å². The first kappa shape index (κ1) is 18.1. The molecule has 1 amide bonds. The molecule has 0 aliphatic rings. The van der Waals surface area contributed by atoms with Crippen molar-refractivity contribution in [3.8, 4) is 0 Å². The fraction of sp³-hybridized carbons (Fsp3) is 0.909. The van der Waals surface area contributed by atoms with Gasteiger partial charge in [-0.2, -0.15) is 0 Å². The molecule has 0 rings (SSSR count).